The Morgan fingerprint density at radius 1 is 1.44 bits per heavy atom. The molecule has 1 aliphatic heterocycles. The van der Waals surface area contributed by atoms with E-state index >= 15 is 0 Å². The number of hydrogen-bond donors (Lipinski definition) is 2. The maximum atomic E-state index is 9.54. The lowest BCUT2D eigenvalue weighted by atomic mass is 9.78. The number of aliphatic hydroxyl groups is 1. The molecule has 0 aromatic carbocycles. The lowest BCUT2D eigenvalue weighted by Crippen LogP contribution is -2.49. The molecule has 0 radical (unpaired) electrons. The van der Waals surface area contributed by atoms with Crippen molar-refractivity contribution in [2.75, 3.05) is 33.8 Å². The van der Waals surface area contributed by atoms with E-state index in [1.54, 1.807) is 0 Å². The van der Waals surface area contributed by atoms with Crippen molar-refractivity contribution in [1.29, 1.82) is 0 Å². The number of piperidine rings is 1. The number of rotatable bonds is 5. The van der Waals surface area contributed by atoms with Gasteiger partial charge in [0.1, 0.15) is 0 Å². The highest BCUT2D eigenvalue weighted by atomic mass is 16.3. The van der Waals surface area contributed by atoms with Crippen LogP contribution in [0, 0.1) is 17.8 Å². The van der Waals surface area contributed by atoms with E-state index in [0.29, 0.717) is 30.4 Å². The van der Waals surface area contributed by atoms with Crippen LogP contribution in [-0.2, 0) is 0 Å². The summed E-state index contributed by atoms with van der Waals surface area (Å²) in [7, 11) is 4.23. The van der Waals surface area contributed by atoms with Gasteiger partial charge >= 0.3 is 0 Å². The fourth-order valence-electron chi connectivity index (χ4n) is 3.04. The van der Waals surface area contributed by atoms with Crippen LogP contribution in [0.4, 0.5) is 0 Å². The first kappa shape index (κ1) is 13.9. The molecular formula is C13H28N2O. The predicted octanol–water partition coefficient (Wildman–Crippen LogP) is 1.18. The fourth-order valence-corrected chi connectivity index (χ4v) is 3.04. The molecule has 0 aromatic rings. The Labute approximate surface area is 100 Å². The third-order valence-electron chi connectivity index (χ3n) is 4.03. The minimum atomic E-state index is 0.295. The Bertz CT molecular complexity index is 196. The van der Waals surface area contributed by atoms with Crippen LogP contribution in [0.3, 0.4) is 0 Å². The molecule has 16 heavy (non-hydrogen) atoms. The van der Waals surface area contributed by atoms with Crippen LogP contribution in [0.5, 0.6) is 0 Å². The zero-order valence-corrected chi connectivity index (χ0v) is 11.2. The van der Waals surface area contributed by atoms with E-state index in [1.165, 1.54) is 19.4 Å². The summed E-state index contributed by atoms with van der Waals surface area (Å²) in [6.07, 6.45) is 2.58. The Morgan fingerprint density at radius 2 is 2.12 bits per heavy atom. The molecule has 1 aliphatic rings. The van der Waals surface area contributed by atoms with Crippen molar-refractivity contribution >= 4 is 0 Å². The van der Waals surface area contributed by atoms with Crippen molar-refractivity contribution < 1.29 is 5.11 Å². The molecule has 96 valence electrons. The molecule has 0 aliphatic carbocycles. The molecule has 3 unspecified atom stereocenters. The highest BCUT2D eigenvalue weighted by molar-refractivity contribution is 4.87. The van der Waals surface area contributed by atoms with E-state index in [1.807, 2.05) is 7.05 Å². The maximum absolute atomic E-state index is 9.54. The van der Waals surface area contributed by atoms with Gasteiger partial charge in [-0.2, -0.15) is 0 Å². The van der Waals surface area contributed by atoms with Gasteiger partial charge in [0.05, 0.1) is 0 Å². The second-order valence-electron chi connectivity index (χ2n) is 5.57. The van der Waals surface area contributed by atoms with Crippen molar-refractivity contribution in [3.05, 3.63) is 0 Å². The van der Waals surface area contributed by atoms with Crippen molar-refractivity contribution in [3.63, 3.8) is 0 Å². The van der Waals surface area contributed by atoms with E-state index in [2.05, 4.69) is 31.1 Å². The van der Waals surface area contributed by atoms with E-state index < -0.39 is 0 Å². The van der Waals surface area contributed by atoms with E-state index in [4.69, 9.17) is 0 Å². The van der Waals surface area contributed by atoms with E-state index in [-0.39, 0.29) is 0 Å². The molecule has 3 atom stereocenters. The van der Waals surface area contributed by atoms with E-state index in [0.717, 1.165) is 6.54 Å². The van der Waals surface area contributed by atoms with Gasteiger partial charge in [0.25, 0.3) is 0 Å². The second kappa shape index (κ2) is 6.58. The Morgan fingerprint density at radius 3 is 2.56 bits per heavy atom. The lowest BCUT2D eigenvalue weighted by Gasteiger charge is -2.39. The van der Waals surface area contributed by atoms with Crippen LogP contribution in [0.1, 0.15) is 26.7 Å². The fraction of sp³-hybridized carbons (Fsp3) is 1.00. The predicted molar refractivity (Wildman–Crippen MR) is 68.5 cm³/mol. The van der Waals surface area contributed by atoms with Crippen LogP contribution >= 0.6 is 0 Å². The maximum Gasteiger partial charge on any atom is 0.0476 e. The Balaban J connectivity index is 2.64. The van der Waals surface area contributed by atoms with Crippen molar-refractivity contribution in [1.82, 2.24) is 10.2 Å². The van der Waals surface area contributed by atoms with E-state index in [9.17, 15) is 5.11 Å². The summed E-state index contributed by atoms with van der Waals surface area (Å²) in [4.78, 5) is 2.41. The van der Waals surface area contributed by atoms with Crippen molar-refractivity contribution in [2.45, 2.75) is 32.7 Å². The normalized spacial score (nSPS) is 27.0. The van der Waals surface area contributed by atoms with Crippen LogP contribution < -0.4 is 5.32 Å². The van der Waals surface area contributed by atoms with Gasteiger partial charge in [0.2, 0.25) is 0 Å². The molecule has 3 heteroatoms. The molecular weight excluding hydrogens is 200 g/mol. The smallest absolute Gasteiger partial charge is 0.0476 e. The SMILES string of the molecule is CNC(C1CCCN(C)C1)C(CO)C(C)C. The summed E-state index contributed by atoms with van der Waals surface area (Å²) in [5.74, 6) is 1.60. The first-order valence-electron chi connectivity index (χ1n) is 6.56. The van der Waals surface area contributed by atoms with Gasteiger partial charge in [-0.05, 0) is 51.2 Å². The zero-order valence-electron chi connectivity index (χ0n) is 11.2. The summed E-state index contributed by atoms with van der Waals surface area (Å²) in [5.41, 5.74) is 0. The van der Waals surface area contributed by atoms with Crippen LogP contribution in [0.25, 0.3) is 0 Å². The van der Waals surface area contributed by atoms with Gasteiger partial charge in [-0.25, -0.2) is 0 Å². The first-order valence-corrected chi connectivity index (χ1v) is 6.56. The summed E-state index contributed by atoms with van der Waals surface area (Å²) in [5, 5.41) is 13.0. The van der Waals surface area contributed by atoms with Gasteiger partial charge in [-0.3, -0.25) is 0 Å². The van der Waals surface area contributed by atoms with Crippen molar-refractivity contribution in [3.8, 4) is 0 Å². The standard InChI is InChI=1S/C13H28N2O/c1-10(2)12(9-16)13(14-3)11-6-5-7-15(4)8-11/h10-14,16H,5-9H2,1-4H3. The Kier molecular flexibility index (Phi) is 5.73. The molecule has 1 fully saturated rings. The minimum Gasteiger partial charge on any atom is -0.396 e. The highest BCUT2D eigenvalue weighted by Gasteiger charge is 2.31. The quantitative estimate of drug-likeness (QED) is 0.742. The lowest BCUT2D eigenvalue weighted by molar-refractivity contribution is 0.0902. The molecule has 1 heterocycles. The largest absolute Gasteiger partial charge is 0.396 e. The van der Waals surface area contributed by atoms with Crippen LogP contribution in [0.2, 0.25) is 0 Å². The highest BCUT2D eigenvalue weighted by Crippen LogP contribution is 2.26. The molecule has 0 bridgehead atoms. The molecule has 1 saturated heterocycles. The molecule has 3 nitrogen and oxygen atoms in total. The number of hydrogen-bond acceptors (Lipinski definition) is 3. The van der Waals surface area contributed by atoms with Gasteiger partial charge in [-0.1, -0.05) is 13.8 Å². The van der Waals surface area contributed by atoms with Crippen LogP contribution in [0.15, 0.2) is 0 Å². The zero-order chi connectivity index (χ0) is 12.1. The molecule has 0 amide bonds. The third-order valence-corrected chi connectivity index (χ3v) is 4.03. The van der Waals surface area contributed by atoms with Gasteiger partial charge in [-0.15, -0.1) is 0 Å². The van der Waals surface area contributed by atoms with Crippen molar-refractivity contribution in [2.24, 2.45) is 17.8 Å². The van der Waals surface area contributed by atoms with Crippen LogP contribution in [-0.4, -0.2) is 49.8 Å². The minimum absolute atomic E-state index is 0.295. The number of aliphatic hydroxyl groups excluding tert-OH is 1. The number of nitrogens with zero attached hydrogens (tertiary/aromatic N) is 1. The second-order valence-corrected chi connectivity index (χ2v) is 5.57. The third kappa shape index (κ3) is 3.44. The molecule has 0 spiro atoms. The number of likely N-dealkylation sites (tertiary alicyclic amines) is 1. The average molecular weight is 228 g/mol. The summed E-state index contributed by atoms with van der Waals surface area (Å²) < 4.78 is 0. The monoisotopic (exact) mass is 228 g/mol. The first-order chi connectivity index (χ1) is 7.60. The average Bonchev–Trinajstić information content (AvgIpc) is 2.25. The van der Waals surface area contributed by atoms with Gasteiger partial charge in [0.15, 0.2) is 0 Å². The molecule has 2 N–H and O–H groups in total. The topological polar surface area (TPSA) is 35.5 Å². The van der Waals surface area contributed by atoms with Gasteiger partial charge < -0.3 is 15.3 Å². The molecule has 0 saturated carbocycles. The summed E-state index contributed by atoms with van der Waals surface area (Å²) in [6, 6.07) is 0.452. The molecule has 1 rings (SSSR count). The summed E-state index contributed by atoms with van der Waals surface area (Å²) in [6.45, 7) is 7.09. The number of nitrogens with one attached hydrogen (secondary N) is 1. The molecule has 0 aromatic heterocycles. The summed E-state index contributed by atoms with van der Waals surface area (Å²) >= 11 is 0. The van der Waals surface area contributed by atoms with Gasteiger partial charge in [0, 0.05) is 19.2 Å². The Hall–Kier alpha value is -0.120.